The summed E-state index contributed by atoms with van der Waals surface area (Å²) in [5.41, 5.74) is 0. The summed E-state index contributed by atoms with van der Waals surface area (Å²) in [4.78, 5) is 0. The predicted octanol–water partition coefficient (Wildman–Crippen LogP) is 0.996. The summed E-state index contributed by atoms with van der Waals surface area (Å²) < 4.78 is 21.4. The Morgan fingerprint density at radius 1 is 1.67 bits per heavy atom. The van der Waals surface area contributed by atoms with Gasteiger partial charge in [-0.2, -0.15) is 0 Å². The molecule has 0 amide bonds. The largest absolute Gasteiger partial charge is 0.229 e. The molecule has 0 unspecified atom stereocenters. The molecule has 0 spiro atoms. The zero-order valence-corrected chi connectivity index (χ0v) is 6.61. The third-order valence-electron chi connectivity index (χ3n) is 1.22. The quantitative estimate of drug-likeness (QED) is 0.559. The van der Waals surface area contributed by atoms with Gasteiger partial charge in [-0.15, -0.1) is 6.58 Å². The zero-order valence-electron chi connectivity index (χ0n) is 5.79. The summed E-state index contributed by atoms with van der Waals surface area (Å²) in [7, 11) is -2.88. The number of hydrogen-bond donors (Lipinski definition) is 0. The van der Waals surface area contributed by atoms with Crippen LogP contribution in [0.3, 0.4) is 0 Å². The molecule has 0 heterocycles. The van der Waals surface area contributed by atoms with Crippen LogP contribution in [0.4, 0.5) is 0 Å². The van der Waals surface area contributed by atoms with E-state index in [9.17, 15) is 8.42 Å². The molecule has 1 atom stereocenters. The van der Waals surface area contributed by atoms with Crippen molar-refractivity contribution in [2.75, 3.05) is 6.26 Å². The predicted molar refractivity (Wildman–Crippen MR) is 39.1 cm³/mol. The first kappa shape index (κ1) is 8.69. The molecule has 9 heavy (non-hydrogen) atoms. The molecule has 0 saturated heterocycles. The minimum Gasteiger partial charge on any atom is -0.229 e. The highest BCUT2D eigenvalue weighted by atomic mass is 32.2. The van der Waals surface area contributed by atoms with Crippen molar-refractivity contribution in [1.29, 1.82) is 0 Å². The van der Waals surface area contributed by atoms with Gasteiger partial charge in [-0.25, -0.2) is 8.42 Å². The molecule has 0 rings (SSSR count). The lowest BCUT2D eigenvalue weighted by molar-refractivity contribution is 0.592. The molecular formula is C6H12O2S. The third-order valence-corrected chi connectivity index (χ3v) is 2.84. The highest BCUT2D eigenvalue weighted by Gasteiger charge is 2.12. The molecule has 0 aromatic rings. The second-order valence-electron chi connectivity index (χ2n) is 2.01. The highest BCUT2D eigenvalue weighted by molar-refractivity contribution is 7.91. The molecule has 2 nitrogen and oxygen atoms in total. The fourth-order valence-electron chi connectivity index (χ4n) is 0.644. The van der Waals surface area contributed by atoms with Crippen LogP contribution in [0.15, 0.2) is 12.7 Å². The highest BCUT2D eigenvalue weighted by Crippen LogP contribution is 2.03. The van der Waals surface area contributed by atoms with Crippen molar-refractivity contribution >= 4 is 9.84 Å². The SMILES string of the molecule is C=C[C@H](CC)S(C)(=O)=O. The van der Waals surface area contributed by atoms with Gasteiger partial charge in [0.2, 0.25) is 0 Å². The van der Waals surface area contributed by atoms with Crippen molar-refractivity contribution in [1.82, 2.24) is 0 Å². The van der Waals surface area contributed by atoms with Crippen LogP contribution in [0, 0.1) is 0 Å². The maximum atomic E-state index is 10.7. The molecule has 0 aromatic carbocycles. The molecule has 54 valence electrons. The first-order valence-electron chi connectivity index (χ1n) is 2.83. The molecule has 0 saturated carbocycles. The molecule has 0 aliphatic rings. The Hall–Kier alpha value is -0.310. The van der Waals surface area contributed by atoms with Crippen molar-refractivity contribution < 1.29 is 8.42 Å². The van der Waals surface area contributed by atoms with Gasteiger partial charge in [0.25, 0.3) is 0 Å². The average molecular weight is 148 g/mol. The zero-order chi connectivity index (χ0) is 7.49. The summed E-state index contributed by atoms with van der Waals surface area (Å²) in [5.74, 6) is 0. The Morgan fingerprint density at radius 3 is 2.11 bits per heavy atom. The van der Waals surface area contributed by atoms with Crippen molar-refractivity contribution in [3.8, 4) is 0 Å². The van der Waals surface area contributed by atoms with Crippen LogP contribution in [0.25, 0.3) is 0 Å². The summed E-state index contributed by atoms with van der Waals surface area (Å²) in [5, 5.41) is -0.363. The van der Waals surface area contributed by atoms with Crippen LogP contribution in [0.1, 0.15) is 13.3 Å². The van der Waals surface area contributed by atoms with Crippen molar-refractivity contribution in [2.24, 2.45) is 0 Å². The van der Waals surface area contributed by atoms with E-state index in [2.05, 4.69) is 6.58 Å². The lowest BCUT2D eigenvalue weighted by Gasteiger charge is -2.04. The molecular weight excluding hydrogens is 136 g/mol. The van der Waals surface area contributed by atoms with Crippen LogP contribution < -0.4 is 0 Å². The van der Waals surface area contributed by atoms with Gasteiger partial charge < -0.3 is 0 Å². The lowest BCUT2D eigenvalue weighted by Crippen LogP contribution is -2.15. The molecule has 0 aliphatic carbocycles. The van der Waals surface area contributed by atoms with Gasteiger partial charge >= 0.3 is 0 Å². The summed E-state index contributed by atoms with van der Waals surface area (Å²) >= 11 is 0. The van der Waals surface area contributed by atoms with E-state index in [0.29, 0.717) is 6.42 Å². The van der Waals surface area contributed by atoms with Gasteiger partial charge in [-0.05, 0) is 6.42 Å². The van der Waals surface area contributed by atoms with Crippen LogP contribution in [0.5, 0.6) is 0 Å². The number of rotatable bonds is 3. The summed E-state index contributed by atoms with van der Waals surface area (Å²) in [6, 6.07) is 0. The molecule has 0 bridgehead atoms. The summed E-state index contributed by atoms with van der Waals surface area (Å²) in [6.07, 6.45) is 3.31. The minimum absolute atomic E-state index is 0.363. The molecule has 0 N–H and O–H groups in total. The van der Waals surface area contributed by atoms with Gasteiger partial charge in [0.1, 0.15) is 0 Å². The third kappa shape index (κ3) is 2.65. The smallest absolute Gasteiger partial charge is 0.153 e. The monoisotopic (exact) mass is 148 g/mol. The lowest BCUT2D eigenvalue weighted by atomic mass is 10.3. The Morgan fingerprint density at radius 2 is 2.11 bits per heavy atom. The summed E-state index contributed by atoms with van der Waals surface area (Å²) in [6.45, 7) is 5.25. The van der Waals surface area contributed by atoms with E-state index in [1.165, 1.54) is 12.3 Å². The Labute approximate surface area is 56.5 Å². The van der Waals surface area contributed by atoms with E-state index in [4.69, 9.17) is 0 Å². The maximum Gasteiger partial charge on any atom is 0.153 e. The van der Waals surface area contributed by atoms with Crippen LogP contribution in [-0.4, -0.2) is 19.9 Å². The molecule has 3 heteroatoms. The Bertz CT molecular complexity index is 179. The van der Waals surface area contributed by atoms with Crippen LogP contribution in [0.2, 0.25) is 0 Å². The van der Waals surface area contributed by atoms with E-state index in [1.807, 2.05) is 6.92 Å². The average Bonchev–Trinajstić information content (AvgIpc) is 1.65. The topological polar surface area (TPSA) is 34.1 Å². The van der Waals surface area contributed by atoms with Gasteiger partial charge in [0.05, 0.1) is 5.25 Å². The van der Waals surface area contributed by atoms with Crippen LogP contribution in [-0.2, 0) is 9.84 Å². The second-order valence-corrected chi connectivity index (χ2v) is 4.28. The van der Waals surface area contributed by atoms with Gasteiger partial charge in [-0.3, -0.25) is 0 Å². The maximum absolute atomic E-state index is 10.7. The van der Waals surface area contributed by atoms with E-state index in [0.717, 1.165) is 0 Å². The van der Waals surface area contributed by atoms with Gasteiger partial charge in [0, 0.05) is 6.26 Å². The van der Waals surface area contributed by atoms with E-state index >= 15 is 0 Å². The molecule has 0 radical (unpaired) electrons. The van der Waals surface area contributed by atoms with E-state index in [1.54, 1.807) is 0 Å². The first-order chi connectivity index (χ1) is 4.02. The standard InChI is InChI=1S/C6H12O2S/c1-4-6(5-2)9(3,7)8/h4,6H,1,5H2,2-3H3/t6-/m1/s1. The van der Waals surface area contributed by atoms with E-state index in [-0.39, 0.29) is 5.25 Å². The number of sulfone groups is 1. The van der Waals surface area contributed by atoms with Crippen molar-refractivity contribution in [3.05, 3.63) is 12.7 Å². The second kappa shape index (κ2) is 3.01. The fraction of sp³-hybridized carbons (Fsp3) is 0.667. The van der Waals surface area contributed by atoms with Gasteiger partial charge in [0.15, 0.2) is 9.84 Å². The van der Waals surface area contributed by atoms with E-state index < -0.39 is 9.84 Å². The molecule has 0 fully saturated rings. The van der Waals surface area contributed by atoms with Crippen molar-refractivity contribution in [3.63, 3.8) is 0 Å². The van der Waals surface area contributed by atoms with Gasteiger partial charge in [-0.1, -0.05) is 13.0 Å². The number of hydrogen-bond acceptors (Lipinski definition) is 2. The Balaban J connectivity index is 4.32. The van der Waals surface area contributed by atoms with Crippen LogP contribution >= 0.6 is 0 Å². The fourth-order valence-corrected chi connectivity index (χ4v) is 1.60. The Kier molecular flexibility index (Phi) is 2.91. The minimum atomic E-state index is -2.88. The van der Waals surface area contributed by atoms with Crippen molar-refractivity contribution in [2.45, 2.75) is 18.6 Å². The first-order valence-corrected chi connectivity index (χ1v) is 4.79. The molecule has 0 aromatic heterocycles. The molecule has 0 aliphatic heterocycles. The normalized spacial score (nSPS) is 14.9.